The lowest BCUT2D eigenvalue weighted by Crippen LogP contribution is -1.93. The largest absolute Gasteiger partial charge is 0.0614 e. The zero-order chi connectivity index (χ0) is 13.6. The molecule has 19 heavy (non-hydrogen) atoms. The highest BCUT2D eigenvalue weighted by Gasteiger charge is 2.21. The average molecular weight is 313 g/mol. The number of hydrogen-bond donors (Lipinski definition) is 0. The second-order valence-electron chi connectivity index (χ2n) is 5.38. The van der Waals surface area contributed by atoms with Gasteiger partial charge in [-0.2, -0.15) is 0 Å². The van der Waals surface area contributed by atoms with E-state index in [1.54, 1.807) is 0 Å². The third kappa shape index (κ3) is 2.06. The smallest absolute Gasteiger partial charge is 0.0178 e. The van der Waals surface area contributed by atoms with Crippen LogP contribution in [0.15, 0.2) is 46.4 Å². The van der Waals surface area contributed by atoms with E-state index in [0.717, 1.165) is 6.42 Å². The molecule has 0 radical (unpaired) electrons. The summed E-state index contributed by atoms with van der Waals surface area (Å²) in [5, 5.41) is 0. The molecular formula is C18H17Br. The van der Waals surface area contributed by atoms with E-state index < -0.39 is 0 Å². The highest BCUT2D eigenvalue weighted by Crippen LogP contribution is 2.39. The lowest BCUT2D eigenvalue weighted by Gasteiger charge is -2.12. The van der Waals surface area contributed by atoms with Crippen LogP contribution in [-0.4, -0.2) is 0 Å². The molecule has 0 unspecified atom stereocenters. The first-order chi connectivity index (χ1) is 9.08. The molecule has 0 atom stereocenters. The number of hydrogen-bond acceptors (Lipinski definition) is 0. The van der Waals surface area contributed by atoms with Gasteiger partial charge in [-0.05, 0) is 72.7 Å². The normalized spacial score (nSPS) is 13.9. The van der Waals surface area contributed by atoms with Crippen molar-refractivity contribution in [2.75, 3.05) is 0 Å². The SMILES string of the molecule is CC1=C(c2cccc(C)c2C)c2ccc(Br)cc2C1. The molecule has 0 N–H and O–H groups in total. The van der Waals surface area contributed by atoms with Crippen molar-refractivity contribution in [2.24, 2.45) is 0 Å². The van der Waals surface area contributed by atoms with Gasteiger partial charge < -0.3 is 0 Å². The topological polar surface area (TPSA) is 0 Å². The van der Waals surface area contributed by atoms with Crippen molar-refractivity contribution in [3.63, 3.8) is 0 Å². The van der Waals surface area contributed by atoms with Crippen molar-refractivity contribution < 1.29 is 0 Å². The van der Waals surface area contributed by atoms with Crippen LogP contribution >= 0.6 is 15.9 Å². The third-order valence-corrected chi connectivity index (χ3v) is 4.59. The zero-order valence-corrected chi connectivity index (χ0v) is 13.1. The summed E-state index contributed by atoms with van der Waals surface area (Å²) >= 11 is 3.57. The first kappa shape index (κ1) is 12.7. The molecule has 0 saturated heterocycles. The summed E-state index contributed by atoms with van der Waals surface area (Å²) in [6.45, 7) is 6.67. The minimum absolute atomic E-state index is 1.07. The molecule has 3 rings (SSSR count). The molecule has 0 aromatic heterocycles. The van der Waals surface area contributed by atoms with E-state index in [1.165, 1.54) is 43.4 Å². The molecule has 0 heterocycles. The number of benzene rings is 2. The fourth-order valence-corrected chi connectivity index (χ4v) is 3.36. The molecule has 1 heteroatoms. The molecule has 0 amide bonds. The van der Waals surface area contributed by atoms with Gasteiger partial charge in [0.15, 0.2) is 0 Å². The summed E-state index contributed by atoms with van der Waals surface area (Å²) in [5.41, 5.74) is 9.89. The lowest BCUT2D eigenvalue weighted by atomic mass is 9.92. The van der Waals surface area contributed by atoms with E-state index in [4.69, 9.17) is 0 Å². The first-order valence-corrected chi connectivity index (χ1v) is 7.42. The number of rotatable bonds is 1. The van der Waals surface area contributed by atoms with Gasteiger partial charge in [0, 0.05) is 4.47 Å². The van der Waals surface area contributed by atoms with Crippen LogP contribution in [0.2, 0.25) is 0 Å². The van der Waals surface area contributed by atoms with E-state index in [-0.39, 0.29) is 0 Å². The lowest BCUT2D eigenvalue weighted by molar-refractivity contribution is 1.19. The standard InChI is InChI=1S/C18H17Br/c1-11-5-4-6-16(13(11)3)18-12(2)9-14-10-15(19)7-8-17(14)18/h4-8,10H,9H2,1-3H3. The second kappa shape index (κ2) is 4.64. The maximum Gasteiger partial charge on any atom is 0.0178 e. The van der Waals surface area contributed by atoms with Crippen molar-refractivity contribution in [1.29, 1.82) is 0 Å². The van der Waals surface area contributed by atoms with E-state index >= 15 is 0 Å². The van der Waals surface area contributed by atoms with E-state index in [1.807, 2.05) is 0 Å². The number of allylic oxidation sites excluding steroid dienone is 1. The molecule has 0 fully saturated rings. The molecular weight excluding hydrogens is 296 g/mol. The molecule has 0 aliphatic heterocycles. The molecule has 2 aromatic carbocycles. The van der Waals surface area contributed by atoms with Crippen LogP contribution in [0.4, 0.5) is 0 Å². The maximum absolute atomic E-state index is 3.57. The summed E-state index contributed by atoms with van der Waals surface area (Å²) in [4.78, 5) is 0. The zero-order valence-electron chi connectivity index (χ0n) is 11.5. The minimum atomic E-state index is 1.07. The summed E-state index contributed by atoms with van der Waals surface area (Å²) in [5.74, 6) is 0. The molecule has 1 aliphatic carbocycles. The molecule has 0 nitrogen and oxygen atoms in total. The Kier molecular flexibility index (Phi) is 3.10. The fraction of sp³-hybridized carbons (Fsp3) is 0.222. The van der Waals surface area contributed by atoms with Gasteiger partial charge in [0.25, 0.3) is 0 Å². The Morgan fingerprint density at radius 2 is 1.74 bits per heavy atom. The highest BCUT2D eigenvalue weighted by atomic mass is 79.9. The van der Waals surface area contributed by atoms with Gasteiger partial charge in [-0.3, -0.25) is 0 Å². The van der Waals surface area contributed by atoms with Crippen molar-refractivity contribution in [3.05, 3.63) is 74.3 Å². The molecule has 2 aromatic rings. The predicted molar refractivity (Wildman–Crippen MR) is 85.5 cm³/mol. The number of aryl methyl sites for hydroxylation is 1. The summed E-state index contributed by atoms with van der Waals surface area (Å²) in [6, 6.07) is 13.2. The Morgan fingerprint density at radius 3 is 2.53 bits per heavy atom. The monoisotopic (exact) mass is 312 g/mol. The van der Waals surface area contributed by atoms with Crippen LogP contribution in [0.5, 0.6) is 0 Å². The van der Waals surface area contributed by atoms with Crippen LogP contribution < -0.4 is 0 Å². The fourth-order valence-electron chi connectivity index (χ4n) is 2.95. The van der Waals surface area contributed by atoms with E-state index in [9.17, 15) is 0 Å². The van der Waals surface area contributed by atoms with Crippen molar-refractivity contribution in [1.82, 2.24) is 0 Å². The number of fused-ring (bicyclic) bond motifs is 1. The highest BCUT2D eigenvalue weighted by molar-refractivity contribution is 9.10. The summed E-state index contributed by atoms with van der Waals surface area (Å²) < 4.78 is 1.17. The molecule has 0 saturated carbocycles. The Hall–Kier alpha value is -1.34. The molecule has 0 spiro atoms. The molecule has 1 aliphatic rings. The van der Waals surface area contributed by atoms with Gasteiger partial charge >= 0.3 is 0 Å². The van der Waals surface area contributed by atoms with Crippen molar-refractivity contribution in [3.8, 4) is 0 Å². The maximum atomic E-state index is 3.57. The average Bonchev–Trinajstić information content (AvgIpc) is 2.68. The van der Waals surface area contributed by atoms with Gasteiger partial charge in [-0.25, -0.2) is 0 Å². The van der Waals surface area contributed by atoms with Crippen molar-refractivity contribution in [2.45, 2.75) is 27.2 Å². The van der Waals surface area contributed by atoms with Crippen LogP contribution in [-0.2, 0) is 6.42 Å². The number of halogens is 1. The van der Waals surface area contributed by atoms with Gasteiger partial charge in [0.1, 0.15) is 0 Å². The Labute approximate surface area is 123 Å². The van der Waals surface area contributed by atoms with E-state index in [2.05, 4.69) is 73.1 Å². The second-order valence-corrected chi connectivity index (χ2v) is 6.30. The Bertz CT molecular complexity index is 693. The van der Waals surface area contributed by atoms with Crippen molar-refractivity contribution >= 4 is 21.5 Å². The van der Waals surface area contributed by atoms with Crippen LogP contribution in [0.25, 0.3) is 5.57 Å². The third-order valence-electron chi connectivity index (χ3n) is 4.09. The Morgan fingerprint density at radius 1 is 0.947 bits per heavy atom. The molecule has 0 bridgehead atoms. The van der Waals surface area contributed by atoms with Crippen LogP contribution in [0.1, 0.15) is 34.7 Å². The van der Waals surface area contributed by atoms with Crippen LogP contribution in [0, 0.1) is 13.8 Å². The molecule has 96 valence electrons. The predicted octanol–water partition coefficient (Wildman–Crippen LogP) is 5.44. The van der Waals surface area contributed by atoms with Gasteiger partial charge in [0.05, 0.1) is 0 Å². The van der Waals surface area contributed by atoms with Gasteiger partial charge in [0.2, 0.25) is 0 Å². The van der Waals surface area contributed by atoms with Crippen LogP contribution in [0.3, 0.4) is 0 Å². The van der Waals surface area contributed by atoms with Gasteiger partial charge in [-0.15, -0.1) is 0 Å². The van der Waals surface area contributed by atoms with E-state index in [0.29, 0.717) is 0 Å². The summed E-state index contributed by atoms with van der Waals surface area (Å²) in [6.07, 6.45) is 1.07. The van der Waals surface area contributed by atoms with Gasteiger partial charge in [-0.1, -0.05) is 45.8 Å². The Balaban J connectivity index is 2.22. The first-order valence-electron chi connectivity index (χ1n) is 6.63. The minimum Gasteiger partial charge on any atom is -0.0614 e. The summed E-state index contributed by atoms with van der Waals surface area (Å²) in [7, 11) is 0. The quantitative estimate of drug-likeness (QED) is 0.657.